The van der Waals surface area contributed by atoms with E-state index in [2.05, 4.69) is 38.4 Å². The molecule has 0 atom stereocenters. The summed E-state index contributed by atoms with van der Waals surface area (Å²) < 4.78 is 71.8. The highest BCUT2D eigenvalue weighted by atomic mass is 32.2. The predicted molar refractivity (Wildman–Crippen MR) is 149 cm³/mol. The number of carbonyl (C=O) groups excluding carboxylic acids is 1. The molecular weight excluding hydrogens is 563 g/mol. The van der Waals surface area contributed by atoms with Crippen molar-refractivity contribution in [2.75, 3.05) is 0 Å². The van der Waals surface area contributed by atoms with Gasteiger partial charge in [-0.1, -0.05) is 45.0 Å². The molecule has 0 bridgehead atoms. The number of benzene rings is 3. The van der Waals surface area contributed by atoms with Crippen molar-refractivity contribution in [3.8, 4) is 11.5 Å². The SMILES string of the molecule is C[n+]1c2ccccc2c(C(=O)Oc2ccc(O[Si](C)(C)C(C)(C)C)cc2)c2ccccc21.O=S(=O)(O)C(F)(F)F. The number of rotatable bonds is 4. The minimum Gasteiger partial charge on any atom is -0.543 e. The van der Waals surface area contributed by atoms with Crippen LogP contribution in [0.15, 0.2) is 72.8 Å². The summed E-state index contributed by atoms with van der Waals surface area (Å²) in [5, 5.41) is 1.86. The number of halogens is 3. The Bertz CT molecular complexity index is 1590. The molecular formula is C28H31F3NO6SSi+. The van der Waals surface area contributed by atoms with Gasteiger partial charge in [-0.05, 0) is 54.5 Å². The van der Waals surface area contributed by atoms with Crippen LogP contribution < -0.4 is 13.7 Å². The first-order chi connectivity index (χ1) is 18.3. The fourth-order valence-electron chi connectivity index (χ4n) is 3.63. The lowest BCUT2D eigenvalue weighted by molar-refractivity contribution is -0.617. The van der Waals surface area contributed by atoms with Crippen molar-refractivity contribution in [2.45, 2.75) is 44.4 Å². The number of hydrogen-bond acceptors (Lipinski definition) is 5. The molecule has 1 aromatic heterocycles. The first kappa shape index (κ1) is 31.0. The monoisotopic (exact) mass is 594 g/mol. The second-order valence-corrected chi connectivity index (χ2v) is 16.8. The van der Waals surface area contributed by atoms with E-state index in [0.29, 0.717) is 11.3 Å². The minimum atomic E-state index is -5.84. The second-order valence-electron chi connectivity index (χ2n) is 10.6. The van der Waals surface area contributed by atoms with E-state index in [1.165, 1.54) is 0 Å². The molecule has 1 heterocycles. The van der Waals surface area contributed by atoms with E-state index in [4.69, 9.17) is 22.1 Å². The molecule has 4 aromatic rings. The van der Waals surface area contributed by atoms with Crippen LogP contribution in [0.3, 0.4) is 0 Å². The molecule has 0 aliphatic rings. The fourth-order valence-corrected chi connectivity index (χ4v) is 4.66. The lowest BCUT2D eigenvalue weighted by Crippen LogP contribution is -2.43. The van der Waals surface area contributed by atoms with E-state index in [1.807, 2.05) is 67.7 Å². The van der Waals surface area contributed by atoms with Crippen LogP contribution >= 0.6 is 0 Å². The molecule has 0 saturated carbocycles. The fraction of sp³-hybridized carbons (Fsp3) is 0.286. The molecule has 0 unspecified atom stereocenters. The number of esters is 1. The van der Waals surface area contributed by atoms with Crippen molar-refractivity contribution >= 4 is 46.2 Å². The number of aryl methyl sites for hydroxylation is 1. The van der Waals surface area contributed by atoms with Crippen LogP contribution in [0.2, 0.25) is 18.1 Å². The maximum atomic E-state index is 13.3. The van der Waals surface area contributed by atoms with E-state index < -0.39 is 23.9 Å². The van der Waals surface area contributed by atoms with E-state index in [9.17, 15) is 18.0 Å². The van der Waals surface area contributed by atoms with Crippen LogP contribution in [0.25, 0.3) is 21.8 Å². The summed E-state index contributed by atoms with van der Waals surface area (Å²) in [5.41, 5.74) is -2.99. The summed E-state index contributed by atoms with van der Waals surface area (Å²) in [6, 6.07) is 23.2. The molecule has 0 amide bonds. The number of nitrogens with zero attached hydrogens (tertiary/aromatic N) is 1. The van der Waals surface area contributed by atoms with Crippen LogP contribution in [0.1, 0.15) is 31.1 Å². The van der Waals surface area contributed by atoms with Gasteiger partial charge in [-0.2, -0.15) is 26.2 Å². The zero-order valence-corrected chi connectivity index (χ0v) is 24.7. The molecule has 7 nitrogen and oxygen atoms in total. The van der Waals surface area contributed by atoms with Gasteiger partial charge in [0.05, 0.1) is 16.3 Å². The van der Waals surface area contributed by atoms with Crippen molar-refractivity contribution in [1.82, 2.24) is 0 Å². The smallest absolute Gasteiger partial charge is 0.522 e. The third kappa shape index (κ3) is 6.80. The normalized spacial score (nSPS) is 12.6. The Morgan fingerprint density at radius 2 is 1.23 bits per heavy atom. The molecule has 12 heteroatoms. The highest BCUT2D eigenvalue weighted by Gasteiger charge is 2.44. The third-order valence-corrected chi connectivity index (χ3v) is 11.7. The molecule has 0 saturated heterocycles. The second kappa shape index (κ2) is 11.2. The van der Waals surface area contributed by atoms with Gasteiger partial charge in [0.15, 0.2) is 0 Å². The van der Waals surface area contributed by atoms with E-state index in [-0.39, 0.29) is 11.0 Å². The van der Waals surface area contributed by atoms with Crippen molar-refractivity contribution in [2.24, 2.45) is 7.05 Å². The first-order valence-electron chi connectivity index (χ1n) is 12.2. The van der Waals surface area contributed by atoms with E-state index in [1.54, 1.807) is 12.1 Å². The average molecular weight is 595 g/mol. The predicted octanol–water partition coefficient (Wildman–Crippen LogP) is 6.81. The summed E-state index contributed by atoms with van der Waals surface area (Å²) in [6.07, 6.45) is 0. The number of ether oxygens (including phenoxy) is 1. The van der Waals surface area contributed by atoms with Gasteiger partial charge in [-0.3, -0.25) is 4.55 Å². The molecule has 214 valence electrons. The number of para-hydroxylation sites is 2. The van der Waals surface area contributed by atoms with Crippen LogP contribution in [0.4, 0.5) is 13.2 Å². The molecule has 0 fully saturated rings. The van der Waals surface area contributed by atoms with Crippen molar-refractivity contribution < 1.29 is 44.7 Å². The van der Waals surface area contributed by atoms with Crippen molar-refractivity contribution in [1.29, 1.82) is 0 Å². The number of aromatic nitrogens is 1. The minimum absolute atomic E-state index is 0.115. The maximum Gasteiger partial charge on any atom is 0.522 e. The van der Waals surface area contributed by atoms with E-state index >= 15 is 0 Å². The molecule has 4 rings (SSSR count). The molecule has 0 aliphatic carbocycles. The van der Waals surface area contributed by atoms with Crippen LogP contribution in [0, 0.1) is 0 Å². The topological polar surface area (TPSA) is 93.8 Å². The van der Waals surface area contributed by atoms with Crippen molar-refractivity contribution in [3.63, 3.8) is 0 Å². The highest BCUT2D eigenvalue weighted by Crippen LogP contribution is 2.37. The van der Waals surface area contributed by atoms with Gasteiger partial charge in [-0.25, -0.2) is 4.79 Å². The zero-order chi connectivity index (χ0) is 30.1. The molecule has 0 radical (unpaired) electrons. The summed E-state index contributed by atoms with van der Waals surface area (Å²) in [7, 11) is -5.75. The quantitative estimate of drug-likeness (QED) is 0.0531. The number of pyridine rings is 1. The summed E-state index contributed by atoms with van der Waals surface area (Å²) in [6.45, 7) is 11.1. The van der Waals surface area contributed by atoms with Gasteiger partial charge in [0.2, 0.25) is 19.4 Å². The Labute approximate surface area is 232 Å². The summed E-state index contributed by atoms with van der Waals surface area (Å²) >= 11 is 0. The lowest BCUT2D eigenvalue weighted by atomic mass is 10.0. The first-order valence-corrected chi connectivity index (χ1v) is 16.5. The number of carbonyl (C=O) groups is 1. The van der Waals surface area contributed by atoms with Gasteiger partial charge < -0.3 is 9.16 Å². The Hall–Kier alpha value is -3.48. The zero-order valence-electron chi connectivity index (χ0n) is 22.9. The molecule has 1 N–H and O–H groups in total. The Morgan fingerprint density at radius 3 is 1.62 bits per heavy atom. The largest absolute Gasteiger partial charge is 0.543 e. The Morgan fingerprint density at radius 1 is 0.825 bits per heavy atom. The van der Waals surface area contributed by atoms with Crippen LogP contribution in [-0.2, 0) is 17.2 Å². The molecule has 3 aromatic carbocycles. The Kier molecular flexibility index (Phi) is 8.68. The molecule has 40 heavy (non-hydrogen) atoms. The molecule has 0 spiro atoms. The summed E-state index contributed by atoms with van der Waals surface area (Å²) in [5.74, 6) is 0.939. The van der Waals surface area contributed by atoms with Gasteiger partial charge in [0.25, 0.3) is 0 Å². The molecule has 0 aliphatic heterocycles. The van der Waals surface area contributed by atoms with Gasteiger partial charge in [0, 0.05) is 12.1 Å². The number of hydrogen-bond donors (Lipinski definition) is 1. The van der Waals surface area contributed by atoms with Crippen LogP contribution in [-0.4, -0.2) is 32.8 Å². The van der Waals surface area contributed by atoms with Crippen LogP contribution in [0.5, 0.6) is 11.5 Å². The van der Waals surface area contributed by atoms with E-state index in [0.717, 1.165) is 27.6 Å². The van der Waals surface area contributed by atoms with Crippen molar-refractivity contribution in [3.05, 3.63) is 78.4 Å². The standard InChI is InChI=1S/C27H30NO3Si.CHF3O3S/c1-27(2,3)32(5,6)31-20-17-15-19(16-18-20)30-26(29)25-21-11-7-9-13-23(21)28(4)24-14-10-8-12-22(24)25;2-1(3,4)8(5,6)7/h7-18H,1-6H3;(H,5,6,7)/q+1;. The lowest BCUT2D eigenvalue weighted by Gasteiger charge is -2.36. The van der Waals surface area contributed by atoms with Gasteiger partial charge >= 0.3 is 21.6 Å². The summed E-state index contributed by atoms with van der Waals surface area (Å²) in [4.78, 5) is 13.3. The Balaban J connectivity index is 0.000000482. The van der Waals surface area contributed by atoms with Gasteiger partial charge in [0.1, 0.15) is 18.5 Å². The average Bonchev–Trinajstić information content (AvgIpc) is 2.84. The van der Waals surface area contributed by atoms with Gasteiger partial charge in [-0.15, -0.1) is 0 Å². The number of alkyl halides is 3. The maximum absolute atomic E-state index is 13.3. The highest BCUT2D eigenvalue weighted by molar-refractivity contribution is 7.86. The third-order valence-electron chi connectivity index (χ3n) is 6.78. The number of fused-ring (bicyclic) bond motifs is 2.